The fraction of sp³-hybridized carbons (Fsp3) is 0.455. The van der Waals surface area contributed by atoms with E-state index in [0.717, 1.165) is 6.07 Å². The molecule has 1 fully saturated rings. The van der Waals surface area contributed by atoms with Crippen LogP contribution < -0.4 is 4.90 Å². The van der Waals surface area contributed by atoms with Crippen LogP contribution in [0.25, 0.3) is 0 Å². The summed E-state index contributed by atoms with van der Waals surface area (Å²) in [6.07, 6.45) is -1.90. The monoisotopic (exact) mass is 260 g/mol. The minimum atomic E-state index is -4.53. The van der Waals surface area contributed by atoms with Crippen LogP contribution >= 0.6 is 0 Å². The number of halogens is 3. The van der Waals surface area contributed by atoms with Crippen LogP contribution in [0.3, 0.4) is 0 Å². The molecule has 0 aromatic carbocycles. The molecule has 98 valence electrons. The van der Waals surface area contributed by atoms with Crippen LogP contribution in [0.15, 0.2) is 18.3 Å². The molecular formula is C11H11F3N2O2. The summed E-state index contributed by atoms with van der Waals surface area (Å²) in [6.45, 7) is -0.468. The van der Waals surface area contributed by atoms with Crippen molar-refractivity contribution in [3.05, 3.63) is 23.9 Å². The van der Waals surface area contributed by atoms with Crippen molar-refractivity contribution < 1.29 is 23.1 Å². The zero-order valence-electron chi connectivity index (χ0n) is 9.31. The lowest BCUT2D eigenvalue weighted by Crippen LogP contribution is -2.34. The number of pyridine rings is 1. The number of carboxylic acids is 1. The Morgan fingerprint density at radius 2 is 2.17 bits per heavy atom. The van der Waals surface area contributed by atoms with Gasteiger partial charge < -0.3 is 10.0 Å². The van der Waals surface area contributed by atoms with Crippen molar-refractivity contribution in [1.29, 1.82) is 0 Å². The summed E-state index contributed by atoms with van der Waals surface area (Å²) in [5.74, 6) is -1.46. The Labute approximate surface area is 101 Å². The van der Waals surface area contributed by atoms with Crippen molar-refractivity contribution in [2.45, 2.75) is 25.1 Å². The molecule has 0 aliphatic heterocycles. The van der Waals surface area contributed by atoms with Gasteiger partial charge in [-0.15, -0.1) is 0 Å². The summed E-state index contributed by atoms with van der Waals surface area (Å²) in [5.41, 5.74) is -0.891. The second-order valence-electron chi connectivity index (χ2n) is 4.13. The molecule has 2 rings (SSSR count). The summed E-state index contributed by atoms with van der Waals surface area (Å²) in [4.78, 5) is 15.6. The zero-order valence-corrected chi connectivity index (χ0v) is 9.31. The molecule has 1 aromatic rings. The van der Waals surface area contributed by atoms with E-state index in [1.54, 1.807) is 0 Å². The second-order valence-corrected chi connectivity index (χ2v) is 4.13. The van der Waals surface area contributed by atoms with E-state index in [1.165, 1.54) is 17.2 Å². The highest BCUT2D eigenvalue weighted by Gasteiger charge is 2.39. The topological polar surface area (TPSA) is 53.4 Å². The molecule has 18 heavy (non-hydrogen) atoms. The SMILES string of the molecule is O=C(O)CN(c1ncccc1C(F)(F)F)C1CC1. The highest BCUT2D eigenvalue weighted by molar-refractivity contribution is 5.74. The fourth-order valence-corrected chi connectivity index (χ4v) is 1.76. The van der Waals surface area contributed by atoms with Gasteiger partial charge in [0.25, 0.3) is 0 Å². The van der Waals surface area contributed by atoms with Gasteiger partial charge in [0.1, 0.15) is 12.4 Å². The first-order chi connectivity index (χ1) is 8.39. The molecule has 4 nitrogen and oxygen atoms in total. The first kappa shape index (κ1) is 12.7. The molecule has 7 heteroatoms. The highest BCUT2D eigenvalue weighted by Crippen LogP contribution is 2.39. The Balaban J connectivity index is 2.38. The number of hydrogen-bond donors (Lipinski definition) is 1. The fourth-order valence-electron chi connectivity index (χ4n) is 1.76. The van der Waals surface area contributed by atoms with Gasteiger partial charge >= 0.3 is 12.1 Å². The third-order valence-electron chi connectivity index (χ3n) is 2.66. The van der Waals surface area contributed by atoms with Crippen molar-refractivity contribution in [2.75, 3.05) is 11.4 Å². The molecule has 1 aliphatic rings. The largest absolute Gasteiger partial charge is 0.480 e. The summed E-state index contributed by atoms with van der Waals surface area (Å²) in [6, 6.07) is 1.95. The average Bonchev–Trinajstić information content (AvgIpc) is 3.08. The number of aliphatic carboxylic acids is 1. The van der Waals surface area contributed by atoms with Gasteiger partial charge in [0.2, 0.25) is 0 Å². The molecule has 1 saturated carbocycles. The first-order valence-electron chi connectivity index (χ1n) is 5.40. The molecule has 0 atom stereocenters. The standard InChI is InChI=1S/C11H11F3N2O2/c12-11(13,14)8-2-1-5-15-10(8)16(6-9(17)18)7-3-4-7/h1-2,5,7H,3-4,6H2,(H,17,18). The second kappa shape index (κ2) is 4.47. The van der Waals surface area contributed by atoms with E-state index < -0.39 is 24.3 Å². The maximum Gasteiger partial charge on any atom is 0.419 e. The number of carbonyl (C=O) groups is 1. The van der Waals surface area contributed by atoms with E-state index in [9.17, 15) is 18.0 Å². The normalized spacial score (nSPS) is 15.5. The van der Waals surface area contributed by atoms with Crippen LogP contribution in [0.4, 0.5) is 19.0 Å². The Morgan fingerprint density at radius 1 is 1.50 bits per heavy atom. The lowest BCUT2D eigenvalue weighted by atomic mass is 10.2. The Bertz CT molecular complexity index is 458. The zero-order chi connectivity index (χ0) is 13.3. The molecule has 0 radical (unpaired) electrons. The number of rotatable bonds is 4. The molecule has 1 aliphatic carbocycles. The number of hydrogen-bond acceptors (Lipinski definition) is 3. The molecule has 0 spiro atoms. The van der Waals surface area contributed by atoms with Crippen molar-refractivity contribution in [3.8, 4) is 0 Å². The van der Waals surface area contributed by atoms with Crippen LogP contribution in [0.2, 0.25) is 0 Å². The van der Waals surface area contributed by atoms with Gasteiger partial charge in [-0.2, -0.15) is 13.2 Å². The van der Waals surface area contributed by atoms with E-state index in [4.69, 9.17) is 5.11 Å². The van der Waals surface area contributed by atoms with Crippen molar-refractivity contribution in [2.24, 2.45) is 0 Å². The molecule has 1 N–H and O–H groups in total. The van der Waals surface area contributed by atoms with E-state index >= 15 is 0 Å². The van der Waals surface area contributed by atoms with Gasteiger partial charge in [0, 0.05) is 12.2 Å². The maximum absolute atomic E-state index is 12.8. The van der Waals surface area contributed by atoms with Gasteiger partial charge in [0.05, 0.1) is 5.56 Å². The molecule has 0 unspecified atom stereocenters. The minimum Gasteiger partial charge on any atom is -0.480 e. The van der Waals surface area contributed by atoms with Gasteiger partial charge in [-0.1, -0.05) is 0 Å². The summed E-state index contributed by atoms with van der Waals surface area (Å²) in [5, 5.41) is 8.76. The number of anilines is 1. The van der Waals surface area contributed by atoms with E-state index in [1.807, 2.05) is 0 Å². The Hall–Kier alpha value is -1.79. The average molecular weight is 260 g/mol. The Kier molecular flexibility index (Phi) is 3.14. The summed E-state index contributed by atoms with van der Waals surface area (Å²) < 4.78 is 38.4. The summed E-state index contributed by atoms with van der Waals surface area (Å²) in [7, 11) is 0. The number of nitrogens with zero attached hydrogens (tertiary/aromatic N) is 2. The molecule has 0 bridgehead atoms. The highest BCUT2D eigenvalue weighted by atomic mass is 19.4. The van der Waals surface area contributed by atoms with Crippen LogP contribution in [-0.2, 0) is 11.0 Å². The van der Waals surface area contributed by atoms with Gasteiger partial charge in [-0.3, -0.25) is 4.79 Å². The molecule has 1 heterocycles. The van der Waals surface area contributed by atoms with Crippen molar-refractivity contribution in [3.63, 3.8) is 0 Å². The predicted molar refractivity (Wildman–Crippen MR) is 57.2 cm³/mol. The van der Waals surface area contributed by atoms with Crippen LogP contribution in [0.5, 0.6) is 0 Å². The van der Waals surface area contributed by atoms with Gasteiger partial charge in [0.15, 0.2) is 0 Å². The van der Waals surface area contributed by atoms with E-state index in [2.05, 4.69) is 4.98 Å². The lowest BCUT2D eigenvalue weighted by Gasteiger charge is -2.24. The van der Waals surface area contributed by atoms with E-state index in [0.29, 0.717) is 12.8 Å². The smallest absolute Gasteiger partial charge is 0.419 e. The quantitative estimate of drug-likeness (QED) is 0.901. The number of alkyl halides is 3. The van der Waals surface area contributed by atoms with Gasteiger partial charge in [-0.05, 0) is 25.0 Å². The van der Waals surface area contributed by atoms with Crippen LogP contribution in [0.1, 0.15) is 18.4 Å². The summed E-state index contributed by atoms with van der Waals surface area (Å²) >= 11 is 0. The molecule has 0 saturated heterocycles. The van der Waals surface area contributed by atoms with Crippen molar-refractivity contribution >= 4 is 11.8 Å². The maximum atomic E-state index is 12.8. The molecular weight excluding hydrogens is 249 g/mol. The third-order valence-corrected chi connectivity index (χ3v) is 2.66. The van der Waals surface area contributed by atoms with Gasteiger partial charge in [-0.25, -0.2) is 4.98 Å². The molecule has 0 amide bonds. The number of carboxylic acid groups (broad SMARTS) is 1. The first-order valence-corrected chi connectivity index (χ1v) is 5.40. The number of aromatic nitrogens is 1. The predicted octanol–water partition coefficient (Wildman–Crippen LogP) is 2.15. The minimum absolute atomic E-state index is 0.155. The van der Waals surface area contributed by atoms with Crippen molar-refractivity contribution in [1.82, 2.24) is 4.98 Å². The van der Waals surface area contributed by atoms with Crippen LogP contribution in [-0.4, -0.2) is 28.6 Å². The molecule has 1 aromatic heterocycles. The van der Waals surface area contributed by atoms with Crippen LogP contribution in [0, 0.1) is 0 Å². The third kappa shape index (κ3) is 2.72. The van der Waals surface area contributed by atoms with E-state index in [-0.39, 0.29) is 11.9 Å². The Morgan fingerprint density at radius 3 is 2.67 bits per heavy atom. The lowest BCUT2D eigenvalue weighted by molar-refractivity contribution is -0.138.